The van der Waals surface area contributed by atoms with Gasteiger partial charge in [0.05, 0.1) is 25.4 Å². The van der Waals surface area contributed by atoms with Crippen LogP contribution in [0.2, 0.25) is 0 Å². The van der Waals surface area contributed by atoms with Crippen LogP contribution < -0.4 is 5.32 Å². The minimum atomic E-state index is -0.926. The van der Waals surface area contributed by atoms with Crippen LogP contribution in [0.25, 0.3) is 0 Å². The van der Waals surface area contributed by atoms with Crippen molar-refractivity contribution >= 4 is 11.9 Å². The molecule has 3 unspecified atom stereocenters. The predicted molar refractivity (Wildman–Crippen MR) is 62.7 cm³/mol. The number of ether oxygens (including phenoxy) is 1. The zero-order valence-electron chi connectivity index (χ0n) is 10.8. The first-order chi connectivity index (χ1) is 8.36. The number of likely N-dealkylation sites (tertiary alicyclic amines) is 1. The van der Waals surface area contributed by atoms with Crippen molar-refractivity contribution in [2.45, 2.75) is 38.1 Å². The number of rotatable bonds is 3. The van der Waals surface area contributed by atoms with E-state index in [1.54, 1.807) is 11.8 Å². The van der Waals surface area contributed by atoms with Crippen molar-refractivity contribution in [1.29, 1.82) is 0 Å². The summed E-state index contributed by atoms with van der Waals surface area (Å²) in [7, 11) is 1.29. The number of nitrogens with one attached hydrogen (secondary N) is 1. The standard InChI is InChI=1S/C11H20N2O5/c1-6(11(17)18-3)13-4-8(15)10(9(16)5-13)12-7(2)14/h6,8-10,15-16H,4-5H2,1-3H3,(H,12,14). The fourth-order valence-electron chi connectivity index (χ4n) is 2.10. The molecule has 1 rings (SSSR count). The van der Waals surface area contributed by atoms with E-state index in [1.165, 1.54) is 14.0 Å². The molecule has 0 bridgehead atoms. The Kier molecular flexibility index (Phi) is 5.06. The number of amides is 1. The van der Waals surface area contributed by atoms with Gasteiger partial charge in [-0.05, 0) is 6.92 Å². The van der Waals surface area contributed by atoms with Crippen molar-refractivity contribution < 1.29 is 24.5 Å². The van der Waals surface area contributed by atoms with E-state index in [9.17, 15) is 19.8 Å². The van der Waals surface area contributed by atoms with Crippen molar-refractivity contribution in [1.82, 2.24) is 10.2 Å². The van der Waals surface area contributed by atoms with Gasteiger partial charge in [0.15, 0.2) is 0 Å². The van der Waals surface area contributed by atoms with Gasteiger partial charge >= 0.3 is 5.97 Å². The molecule has 0 aromatic rings. The number of hydrogen-bond acceptors (Lipinski definition) is 6. The highest BCUT2D eigenvalue weighted by atomic mass is 16.5. The lowest BCUT2D eigenvalue weighted by atomic mass is 9.97. The Hall–Kier alpha value is -1.18. The van der Waals surface area contributed by atoms with Crippen molar-refractivity contribution in [2.24, 2.45) is 0 Å². The fraction of sp³-hybridized carbons (Fsp3) is 0.818. The number of esters is 1. The van der Waals surface area contributed by atoms with Gasteiger partial charge in [0, 0.05) is 20.0 Å². The summed E-state index contributed by atoms with van der Waals surface area (Å²) in [5, 5.41) is 22.3. The maximum absolute atomic E-state index is 11.4. The number of methoxy groups -OCH3 is 1. The molecule has 0 aromatic carbocycles. The molecule has 3 N–H and O–H groups in total. The van der Waals surface area contributed by atoms with Crippen molar-refractivity contribution in [3.8, 4) is 0 Å². The molecular weight excluding hydrogens is 240 g/mol. The lowest BCUT2D eigenvalue weighted by Crippen LogP contribution is -2.63. The number of nitrogens with zero attached hydrogens (tertiary/aromatic N) is 1. The summed E-state index contributed by atoms with van der Waals surface area (Å²) in [5.41, 5.74) is 0. The molecule has 1 fully saturated rings. The van der Waals surface area contributed by atoms with Gasteiger partial charge in [-0.1, -0.05) is 0 Å². The maximum Gasteiger partial charge on any atom is 0.322 e. The Morgan fingerprint density at radius 1 is 1.33 bits per heavy atom. The zero-order valence-corrected chi connectivity index (χ0v) is 10.8. The highest BCUT2D eigenvalue weighted by Crippen LogP contribution is 2.15. The number of aliphatic hydroxyl groups excluding tert-OH is 2. The van der Waals surface area contributed by atoms with Crippen molar-refractivity contribution in [2.75, 3.05) is 20.2 Å². The van der Waals surface area contributed by atoms with E-state index in [0.29, 0.717) is 0 Å². The van der Waals surface area contributed by atoms with Crippen LogP contribution in [0, 0.1) is 0 Å². The Labute approximate surface area is 106 Å². The second-order valence-corrected chi connectivity index (χ2v) is 4.51. The van der Waals surface area contributed by atoms with Crippen LogP contribution in [-0.4, -0.2) is 71.5 Å². The molecule has 7 nitrogen and oxygen atoms in total. The molecule has 0 radical (unpaired) electrons. The van der Waals surface area contributed by atoms with Gasteiger partial charge in [-0.2, -0.15) is 0 Å². The highest BCUT2D eigenvalue weighted by Gasteiger charge is 2.38. The predicted octanol–water partition coefficient (Wildman–Crippen LogP) is -1.91. The van der Waals surface area contributed by atoms with E-state index in [-0.39, 0.29) is 19.0 Å². The van der Waals surface area contributed by atoms with Gasteiger partial charge in [0.1, 0.15) is 6.04 Å². The first-order valence-corrected chi connectivity index (χ1v) is 5.82. The number of aliphatic hydroxyl groups is 2. The van der Waals surface area contributed by atoms with Gasteiger partial charge < -0.3 is 20.3 Å². The largest absolute Gasteiger partial charge is 0.468 e. The average Bonchev–Trinajstić information content (AvgIpc) is 2.31. The number of carbonyl (C=O) groups excluding carboxylic acids is 2. The Balaban J connectivity index is 2.66. The van der Waals surface area contributed by atoms with E-state index in [1.807, 2.05) is 0 Å². The summed E-state index contributed by atoms with van der Waals surface area (Å²) in [6.45, 7) is 3.35. The SMILES string of the molecule is COC(=O)C(C)N1CC(O)C(NC(C)=O)C(O)C1. The second-order valence-electron chi connectivity index (χ2n) is 4.51. The summed E-state index contributed by atoms with van der Waals surface area (Å²) in [5.74, 6) is -0.736. The van der Waals surface area contributed by atoms with Gasteiger partial charge in [-0.25, -0.2) is 0 Å². The smallest absolute Gasteiger partial charge is 0.322 e. The van der Waals surface area contributed by atoms with Gasteiger partial charge in [-0.15, -0.1) is 0 Å². The Bertz CT molecular complexity index is 311. The maximum atomic E-state index is 11.4. The third-order valence-corrected chi connectivity index (χ3v) is 3.13. The summed E-state index contributed by atoms with van der Waals surface area (Å²) in [4.78, 5) is 24.0. The molecule has 1 aliphatic heterocycles. The number of carbonyl (C=O) groups is 2. The molecule has 7 heteroatoms. The Morgan fingerprint density at radius 3 is 2.22 bits per heavy atom. The molecular formula is C11H20N2O5. The lowest BCUT2D eigenvalue weighted by molar-refractivity contribution is -0.150. The lowest BCUT2D eigenvalue weighted by Gasteiger charge is -2.41. The van der Waals surface area contributed by atoms with E-state index in [4.69, 9.17) is 0 Å². The van der Waals surface area contributed by atoms with Gasteiger partial charge in [0.25, 0.3) is 0 Å². The minimum absolute atomic E-state index is 0.193. The molecule has 0 saturated carbocycles. The molecule has 0 spiro atoms. The zero-order chi connectivity index (χ0) is 13.9. The molecule has 1 aliphatic rings. The van der Waals surface area contributed by atoms with E-state index in [2.05, 4.69) is 10.1 Å². The first-order valence-electron chi connectivity index (χ1n) is 5.82. The summed E-state index contributed by atoms with van der Waals surface area (Å²) >= 11 is 0. The third-order valence-electron chi connectivity index (χ3n) is 3.13. The molecule has 1 amide bonds. The summed E-state index contributed by atoms with van der Waals surface area (Å²) in [6, 6.07) is -1.25. The fourth-order valence-corrected chi connectivity index (χ4v) is 2.10. The van der Waals surface area contributed by atoms with Crippen LogP contribution in [0.3, 0.4) is 0 Å². The number of piperidine rings is 1. The van der Waals surface area contributed by atoms with E-state index in [0.717, 1.165) is 0 Å². The molecule has 0 aromatic heterocycles. The average molecular weight is 260 g/mol. The summed E-state index contributed by atoms with van der Waals surface area (Å²) < 4.78 is 4.61. The van der Waals surface area contributed by atoms with Crippen LogP contribution in [0.15, 0.2) is 0 Å². The van der Waals surface area contributed by atoms with Crippen LogP contribution >= 0.6 is 0 Å². The van der Waals surface area contributed by atoms with E-state index >= 15 is 0 Å². The second kappa shape index (κ2) is 6.12. The highest BCUT2D eigenvalue weighted by molar-refractivity contribution is 5.75. The van der Waals surface area contributed by atoms with E-state index < -0.39 is 30.3 Å². The quantitative estimate of drug-likeness (QED) is 0.512. The Morgan fingerprint density at radius 2 is 1.83 bits per heavy atom. The summed E-state index contributed by atoms with van der Waals surface area (Å²) in [6.07, 6.45) is -1.85. The van der Waals surface area contributed by atoms with Crippen LogP contribution in [-0.2, 0) is 14.3 Å². The molecule has 3 atom stereocenters. The first kappa shape index (κ1) is 14.9. The molecule has 1 saturated heterocycles. The van der Waals surface area contributed by atoms with Gasteiger partial charge in [-0.3, -0.25) is 14.5 Å². The van der Waals surface area contributed by atoms with Gasteiger partial charge in [0.2, 0.25) is 5.91 Å². The van der Waals surface area contributed by atoms with Crippen LogP contribution in [0.4, 0.5) is 0 Å². The minimum Gasteiger partial charge on any atom is -0.468 e. The molecule has 18 heavy (non-hydrogen) atoms. The van der Waals surface area contributed by atoms with Crippen LogP contribution in [0.5, 0.6) is 0 Å². The molecule has 0 aliphatic carbocycles. The number of hydrogen-bond donors (Lipinski definition) is 3. The van der Waals surface area contributed by atoms with Crippen LogP contribution in [0.1, 0.15) is 13.8 Å². The van der Waals surface area contributed by atoms with Crippen molar-refractivity contribution in [3.63, 3.8) is 0 Å². The molecule has 1 heterocycles. The van der Waals surface area contributed by atoms with Crippen molar-refractivity contribution in [3.05, 3.63) is 0 Å². The molecule has 104 valence electrons. The normalized spacial score (nSPS) is 30.6. The number of β-amino-alcohol motifs (C(OH)–C–C–N with tert-alkyl or cyclic N) is 2. The topological polar surface area (TPSA) is 99.1 Å². The monoisotopic (exact) mass is 260 g/mol. The third kappa shape index (κ3) is 3.41.